The quantitative estimate of drug-likeness (QED) is 0.540. The van der Waals surface area contributed by atoms with Gasteiger partial charge < -0.3 is 14.2 Å². The summed E-state index contributed by atoms with van der Waals surface area (Å²) in [6, 6.07) is 13.7. The molecule has 146 valence electrons. The second-order valence-corrected chi connectivity index (χ2v) is 7.39. The Labute approximate surface area is 172 Å². The largest absolute Gasteiger partial charge is 0.483 e. The molecule has 0 fully saturated rings. The van der Waals surface area contributed by atoms with E-state index in [4.69, 9.17) is 9.26 Å². The third kappa shape index (κ3) is 4.98. The lowest BCUT2D eigenvalue weighted by Gasteiger charge is -2.16. The van der Waals surface area contributed by atoms with Gasteiger partial charge in [0.25, 0.3) is 5.91 Å². The molecule has 0 radical (unpaired) electrons. The van der Waals surface area contributed by atoms with Crippen molar-refractivity contribution < 1.29 is 14.1 Å². The van der Waals surface area contributed by atoms with Gasteiger partial charge in [-0.25, -0.2) is 0 Å². The van der Waals surface area contributed by atoms with E-state index in [2.05, 4.69) is 33.0 Å². The van der Waals surface area contributed by atoms with Crippen molar-refractivity contribution in [2.75, 3.05) is 13.7 Å². The molecule has 28 heavy (non-hydrogen) atoms. The number of hydrogen-bond donors (Lipinski definition) is 0. The van der Waals surface area contributed by atoms with Gasteiger partial charge in [-0.15, -0.1) is 0 Å². The number of carbonyl (C=O) groups excluding carboxylic acids is 1. The fourth-order valence-electron chi connectivity index (χ4n) is 2.56. The maximum atomic E-state index is 12.4. The normalized spacial score (nSPS) is 10.7. The van der Waals surface area contributed by atoms with Gasteiger partial charge >= 0.3 is 0 Å². The van der Waals surface area contributed by atoms with Crippen LogP contribution in [0.2, 0.25) is 0 Å². The molecule has 0 aliphatic rings. The van der Waals surface area contributed by atoms with E-state index in [1.807, 2.05) is 49.4 Å². The van der Waals surface area contributed by atoms with Crippen LogP contribution in [-0.4, -0.2) is 34.6 Å². The van der Waals surface area contributed by atoms with E-state index in [1.54, 1.807) is 7.05 Å². The van der Waals surface area contributed by atoms with Crippen molar-refractivity contribution in [1.29, 1.82) is 0 Å². The summed E-state index contributed by atoms with van der Waals surface area (Å²) in [5.74, 6) is 1.34. The molecule has 0 aliphatic heterocycles. The molecule has 6 nitrogen and oxygen atoms in total. The second kappa shape index (κ2) is 9.01. The average Bonchev–Trinajstić information content (AvgIpc) is 3.15. The van der Waals surface area contributed by atoms with Gasteiger partial charge in [-0.3, -0.25) is 4.79 Å². The van der Waals surface area contributed by atoms with Gasteiger partial charge in [-0.2, -0.15) is 4.98 Å². The molecular weight excluding hydrogens is 422 g/mol. The van der Waals surface area contributed by atoms with Crippen LogP contribution in [0.5, 0.6) is 5.75 Å². The first kappa shape index (κ1) is 20.1. The van der Waals surface area contributed by atoms with Crippen molar-refractivity contribution in [3.63, 3.8) is 0 Å². The predicted octanol–water partition coefficient (Wildman–Crippen LogP) is 4.41. The molecule has 3 rings (SSSR count). The summed E-state index contributed by atoms with van der Waals surface area (Å²) < 4.78 is 11.7. The zero-order chi connectivity index (χ0) is 20.1. The maximum Gasteiger partial charge on any atom is 0.260 e. The molecule has 0 aliphatic carbocycles. The maximum absolute atomic E-state index is 12.4. The minimum absolute atomic E-state index is 0.0699. The molecule has 7 heteroatoms. The monoisotopic (exact) mass is 443 g/mol. The van der Waals surface area contributed by atoms with E-state index in [0.717, 1.165) is 22.0 Å². The Morgan fingerprint density at radius 3 is 2.64 bits per heavy atom. The summed E-state index contributed by atoms with van der Waals surface area (Å²) in [5.41, 5.74) is 3.23. The van der Waals surface area contributed by atoms with Crippen LogP contribution in [0.4, 0.5) is 0 Å². The molecule has 0 unspecified atom stereocenters. The van der Waals surface area contributed by atoms with Crippen molar-refractivity contribution in [1.82, 2.24) is 15.0 Å². The van der Waals surface area contributed by atoms with Crippen LogP contribution < -0.4 is 4.74 Å². The first-order valence-corrected chi connectivity index (χ1v) is 9.80. The van der Waals surface area contributed by atoms with Gasteiger partial charge in [0, 0.05) is 12.6 Å². The smallest absolute Gasteiger partial charge is 0.260 e. The van der Waals surface area contributed by atoms with Gasteiger partial charge in [0.15, 0.2) is 6.61 Å². The fraction of sp³-hybridized carbons (Fsp3) is 0.286. The number of ether oxygens (including phenoxy) is 1. The Kier molecular flexibility index (Phi) is 6.46. The summed E-state index contributed by atoms with van der Waals surface area (Å²) in [5, 5.41) is 3.99. The Hall–Kier alpha value is -2.67. The van der Waals surface area contributed by atoms with Crippen LogP contribution in [0, 0.1) is 6.92 Å². The number of halogens is 1. The summed E-state index contributed by atoms with van der Waals surface area (Å²) in [6.07, 6.45) is 0.940. The van der Waals surface area contributed by atoms with Gasteiger partial charge in [0.1, 0.15) is 5.75 Å². The molecular formula is C21H22BrN3O3. The summed E-state index contributed by atoms with van der Waals surface area (Å²) in [6.45, 7) is 4.25. The molecule has 0 N–H and O–H groups in total. The summed E-state index contributed by atoms with van der Waals surface area (Å²) in [7, 11) is 1.68. The van der Waals surface area contributed by atoms with Crippen LogP contribution in [-0.2, 0) is 17.8 Å². The highest BCUT2D eigenvalue weighted by Crippen LogP contribution is 2.26. The molecule has 0 saturated carbocycles. The van der Waals surface area contributed by atoms with Crippen molar-refractivity contribution in [3.8, 4) is 17.1 Å². The number of aromatic nitrogens is 2. The van der Waals surface area contributed by atoms with Gasteiger partial charge in [0.05, 0.1) is 11.0 Å². The molecule has 3 aromatic rings. The Morgan fingerprint density at radius 1 is 1.21 bits per heavy atom. The molecule has 0 saturated heterocycles. The van der Waals surface area contributed by atoms with Crippen molar-refractivity contribution in [2.45, 2.75) is 26.8 Å². The van der Waals surface area contributed by atoms with E-state index < -0.39 is 0 Å². The predicted molar refractivity (Wildman–Crippen MR) is 110 cm³/mol. The summed E-state index contributed by atoms with van der Waals surface area (Å²) >= 11 is 3.48. The van der Waals surface area contributed by atoms with E-state index in [9.17, 15) is 4.79 Å². The lowest BCUT2D eigenvalue weighted by molar-refractivity contribution is -0.132. The molecule has 0 bridgehead atoms. The first-order chi connectivity index (χ1) is 13.5. The number of hydrogen-bond acceptors (Lipinski definition) is 5. The number of nitrogens with zero attached hydrogens (tertiary/aromatic N) is 3. The van der Waals surface area contributed by atoms with Crippen molar-refractivity contribution in [2.24, 2.45) is 0 Å². The topological polar surface area (TPSA) is 68.5 Å². The van der Waals surface area contributed by atoms with Gasteiger partial charge in [-0.1, -0.05) is 48.0 Å². The first-order valence-electron chi connectivity index (χ1n) is 9.01. The SMILES string of the molecule is CCc1ccc(OCC(=O)N(C)Cc2nc(-c3ccc(C)cc3)no2)c(Br)c1. The molecule has 0 spiro atoms. The molecule has 1 amide bonds. The van der Waals surface area contributed by atoms with Crippen LogP contribution in [0.15, 0.2) is 51.5 Å². The highest BCUT2D eigenvalue weighted by molar-refractivity contribution is 9.10. The van der Waals surface area contributed by atoms with Crippen LogP contribution >= 0.6 is 15.9 Å². The molecule has 0 atom stereocenters. The zero-order valence-electron chi connectivity index (χ0n) is 16.1. The Balaban J connectivity index is 1.56. The van der Waals surface area contributed by atoms with Crippen LogP contribution in [0.1, 0.15) is 23.9 Å². The molecule has 2 aromatic carbocycles. The number of carbonyl (C=O) groups is 1. The minimum Gasteiger partial charge on any atom is -0.483 e. The minimum atomic E-state index is -0.179. The van der Waals surface area contributed by atoms with Crippen molar-refractivity contribution in [3.05, 3.63) is 64.0 Å². The summed E-state index contributed by atoms with van der Waals surface area (Å²) in [4.78, 5) is 18.2. The lowest BCUT2D eigenvalue weighted by atomic mass is 10.1. The zero-order valence-corrected chi connectivity index (χ0v) is 17.7. The molecule has 1 aromatic heterocycles. The number of amides is 1. The van der Waals surface area contributed by atoms with E-state index >= 15 is 0 Å². The van der Waals surface area contributed by atoms with Gasteiger partial charge in [0.2, 0.25) is 11.7 Å². The van der Waals surface area contributed by atoms with Gasteiger partial charge in [-0.05, 0) is 47.0 Å². The standard InChI is InChI=1S/C21H22BrN3O3/c1-4-15-7-10-18(17(22)11-15)27-13-20(26)25(3)12-19-23-21(24-28-19)16-8-5-14(2)6-9-16/h5-11H,4,12-13H2,1-3H3. The number of benzene rings is 2. The fourth-order valence-corrected chi connectivity index (χ4v) is 3.10. The highest BCUT2D eigenvalue weighted by Gasteiger charge is 2.16. The average molecular weight is 444 g/mol. The van der Waals surface area contributed by atoms with Crippen molar-refractivity contribution >= 4 is 21.8 Å². The van der Waals surface area contributed by atoms with Crippen LogP contribution in [0.25, 0.3) is 11.4 Å². The van der Waals surface area contributed by atoms with E-state index in [-0.39, 0.29) is 19.1 Å². The Bertz CT molecular complexity index is 954. The number of aryl methyl sites for hydroxylation is 2. The number of rotatable bonds is 7. The Morgan fingerprint density at radius 2 is 1.96 bits per heavy atom. The van der Waals surface area contributed by atoms with E-state index in [0.29, 0.717) is 17.5 Å². The second-order valence-electron chi connectivity index (χ2n) is 6.53. The number of likely N-dealkylation sites (N-methyl/N-ethyl adjacent to an activating group) is 1. The van der Waals surface area contributed by atoms with Crippen LogP contribution in [0.3, 0.4) is 0 Å². The lowest BCUT2D eigenvalue weighted by Crippen LogP contribution is -2.31. The van der Waals surface area contributed by atoms with E-state index in [1.165, 1.54) is 10.5 Å². The third-order valence-corrected chi connectivity index (χ3v) is 4.95. The highest BCUT2D eigenvalue weighted by atomic mass is 79.9. The molecule has 1 heterocycles. The third-order valence-electron chi connectivity index (χ3n) is 4.33.